The second-order valence-corrected chi connectivity index (χ2v) is 4.75. The smallest absolute Gasteiger partial charge is 0.396 e. The van der Waals surface area contributed by atoms with E-state index < -0.39 is 12.7 Å². The van der Waals surface area contributed by atoms with Crippen molar-refractivity contribution in [1.82, 2.24) is 10.2 Å². The van der Waals surface area contributed by atoms with Gasteiger partial charge in [-0.25, -0.2) is 0 Å². The van der Waals surface area contributed by atoms with Crippen molar-refractivity contribution in [2.24, 2.45) is 0 Å². The Morgan fingerprint density at radius 1 is 1.35 bits per heavy atom. The molecule has 17 heavy (non-hydrogen) atoms. The van der Waals surface area contributed by atoms with Gasteiger partial charge in [0.2, 0.25) is 0 Å². The number of likely N-dealkylation sites (tertiary alicyclic amines) is 1. The third kappa shape index (κ3) is 6.24. The van der Waals surface area contributed by atoms with Crippen molar-refractivity contribution in [1.29, 1.82) is 0 Å². The molecule has 0 aromatic carbocycles. The molecule has 1 saturated heterocycles. The van der Waals surface area contributed by atoms with Crippen molar-refractivity contribution in [3.8, 4) is 0 Å². The number of halogens is 3. The first-order valence-electron chi connectivity index (χ1n) is 6.06. The largest absolute Gasteiger partial charge is 0.401 e. The normalized spacial score (nSPS) is 21.7. The Labute approximate surface area is 100.0 Å². The number of aliphatic hydroxyl groups excluding tert-OH is 1. The summed E-state index contributed by atoms with van der Waals surface area (Å²) in [6.45, 7) is 2.30. The number of nitrogens with zero attached hydrogens (tertiary/aromatic N) is 1. The molecule has 1 fully saturated rings. The van der Waals surface area contributed by atoms with Gasteiger partial charge in [-0.15, -0.1) is 0 Å². The molecule has 0 bridgehead atoms. The Hall–Kier alpha value is -0.330. The first-order chi connectivity index (χ1) is 7.90. The van der Waals surface area contributed by atoms with Crippen molar-refractivity contribution >= 4 is 0 Å². The quantitative estimate of drug-likeness (QED) is 0.778. The fourth-order valence-electron chi connectivity index (χ4n) is 2.19. The fourth-order valence-corrected chi connectivity index (χ4v) is 2.19. The molecule has 1 unspecified atom stereocenters. The Bertz CT molecular complexity index is 215. The maximum Gasteiger partial charge on any atom is 0.401 e. The van der Waals surface area contributed by atoms with E-state index in [0.29, 0.717) is 19.5 Å². The summed E-state index contributed by atoms with van der Waals surface area (Å²) in [4.78, 5) is 1.45. The molecule has 1 aliphatic heterocycles. The highest BCUT2D eigenvalue weighted by Crippen LogP contribution is 2.19. The Balaban J connectivity index is 2.21. The number of hydrogen-bond donors (Lipinski definition) is 2. The molecule has 0 radical (unpaired) electrons. The van der Waals surface area contributed by atoms with Gasteiger partial charge in [0, 0.05) is 18.7 Å². The van der Waals surface area contributed by atoms with Crippen LogP contribution >= 0.6 is 0 Å². The molecule has 0 spiro atoms. The number of rotatable bonds is 5. The lowest BCUT2D eigenvalue weighted by Gasteiger charge is -2.34. The number of hydrogen-bond acceptors (Lipinski definition) is 3. The molecule has 2 N–H and O–H groups in total. The molecular weight excluding hydrogens is 233 g/mol. The maximum atomic E-state index is 12.2. The van der Waals surface area contributed by atoms with E-state index in [0.717, 1.165) is 12.8 Å². The molecule has 0 aliphatic carbocycles. The van der Waals surface area contributed by atoms with Crippen LogP contribution in [0.5, 0.6) is 0 Å². The highest BCUT2D eigenvalue weighted by atomic mass is 19.4. The fraction of sp³-hybridized carbons (Fsp3) is 1.00. The SMILES string of the molecule is CC(CCO)NC1CCN(CC(F)(F)F)CC1. The molecule has 1 aliphatic rings. The summed E-state index contributed by atoms with van der Waals surface area (Å²) in [5.41, 5.74) is 0. The van der Waals surface area contributed by atoms with E-state index in [4.69, 9.17) is 5.11 Å². The summed E-state index contributed by atoms with van der Waals surface area (Å²) < 4.78 is 36.5. The zero-order valence-electron chi connectivity index (χ0n) is 10.1. The molecule has 0 saturated carbocycles. The van der Waals surface area contributed by atoms with Crippen molar-refractivity contribution in [3.05, 3.63) is 0 Å². The van der Waals surface area contributed by atoms with E-state index in [1.807, 2.05) is 6.92 Å². The van der Waals surface area contributed by atoms with Crippen LogP contribution in [0.4, 0.5) is 13.2 Å². The minimum atomic E-state index is -4.09. The minimum absolute atomic E-state index is 0.140. The molecule has 6 heteroatoms. The summed E-state index contributed by atoms with van der Waals surface area (Å²) in [6, 6.07) is 0.500. The predicted octanol–water partition coefficient (Wildman–Crippen LogP) is 1.37. The zero-order chi connectivity index (χ0) is 12.9. The van der Waals surface area contributed by atoms with Crippen LogP contribution in [0, 0.1) is 0 Å². The highest BCUT2D eigenvalue weighted by molar-refractivity contribution is 4.80. The van der Waals surface area contributed by atoms with Gasteiger partial charge in [0.15, 0.2) is 0 Å². The van der Waals surface area contributed by atoms with E-state index in [2.05, 4.69) is 5.32 Å². The third-order valence-electron chi connectivity index (χ3n) is 3.07. The van der Waals surface area contributed by atoms with Gasteiger partial charge < -0.3 is 10.4 Å². The van der Waals surface area contributed by atoms with E-state index in [1.54, 1.807) is 0 Å². The van der Waals surface area contributed by atoms with Crippen molar-refractivity contribution < 1.29 is 18.3 Å². The molecule has 1 atom stereocenters. The van der Waals surface area contributed by atoms with Gasteiger partial charge in [0.25, 0.3) is 0 Å². The summed E-state index contributed by atoms with van der Waals surface area (Å²) >= 11 is 0. The van der Waals surface area contributed by atoms with Crippen LogP contribution in [0.15, 0.2) is 0 Å². The predicted molar refractivity (Wildman–Crippen MR) is 59.8 cm³/mol. The second-order valence-electron chi connectivity index (χ2n) is 4.75. The Morgan fingerprint density at radius 3 is 2.41 bits per heavy atom. The topological polar surface area (TPSA) is 35.5 Å². The molecule has 3 nitrogen and oxygen atoms in total. The van der Waals surface area contributed by atoms with Crippen LogP contribution in [0.3, 0.4) is 0 Å². The third-order valence-corrected chi connectivity index (χ3v) is 3.07. The van der Waals surface area contributed by atoms with E-state index in [-0.39, 0.29) is 18.7 Å². The summed E-state index contributed by atoms with van der Waals surface area (Å²) in [5, 5.41) is 12.1. The molecule has 102 valence electrons. The van der Waals surface area contributed by atoms with Crippen LogP contribution in [0.25, 0.3) is 0 Å². The molecule has 0 aromatic rings. The molecule has 0 aromatic heterocycles. The number of piperidine rings is 1. The van der Waals surface area contributed by atoms with E-state index in [9.17, 15) is 13.2 Å². The summed E-state index contributed by atoms with van der Waals surface area (Å²) in [5.74, 6) is 0. The first kappa shape index (κ1) is 14.7. The maximum absolute atomic E-state index is 12.2. The van der Waals surface area contributed by atoms with Gasteiger partial charge in [0.1, 0.15) is 0 Å². The van der Waals surface area contributed by atoms with Gasteiger partial charge >= 0.3 is 6.18 Å². The van der Waals surface area contributed by atoms with Crippen molar-refractivity contribution in [3.63, 3.8) is 0 Å². The average Bonchev–Trinajstić information content (AvgIpc) is 2.19. The van der Waals surface area contributed by atoms with Crippen LogP contribution in [0.2, 0.25) is 0 Å². The second kappa shape index (κ2) is 6.56. The lowest BCUT2D eigenvalue weighted by molar-refractivity contribution is -0.148. The van der Waals surface area contributed by atoms with Gasteiger partial charge in [-0.3, -0.25) is 4.90 Å². The average molecular weight is 254 g/mol. The highest BCUT2D eigenvalue weighted by Gasteiger charge is 2.32. The van der Waals surface area contributed by atoms with Crippen LogP contribution in [-0.4, -0.2) is 54.5 Å². The zero-order valence-corrected chi connectivity index (χ0v) is 10.1. The lowest BCUT2D eigenvalue weighted by atomic mass is 10.0. The van der Waals surface area contributed by atoms with E-state index >= 15 is 0 Å². The van der Waals surface area contributed by atoms with Gasteiger partial charge in [-0.1, -0.05) is 0 Å². The number of nitrogens with one attached hydrogen (secondary N) is 1. The van der Waals surface area contributed by atoms with Gasteiger partial charge in [-0.2, -0.15) is 13.2 Å². The monoisotopic (exact) mass is 254 g/mol. The number of aliphatic hydroxyl groups is 1. The summed E-state index contributed by atoms with van der Waals surface area (Å²) in [7, 11) is 0. The van der Waals surface area contributed by atoms with Crippen LogP contribution in [-0.2, 0) is 0 Å². The minimum Gasteiger partial charge on any atom is -0.396 e. The molecule has 1 rings (SSSR count). The molecule has 1 heterocycles. The lowest BCUT2D eigenvalue weighted by Crippen LogP contribution is -2.47. The first-order valence-corrected chi connectivity index (χ1v) is 6.06. The van der Waals surface area contributed by atoms with E-state index in [1.165, 1.54) is 4.90 Å². The number of alkyl halides is 3. The van der Waals surface area contributed by atoms with Crippen LogP contribution < -0.4 is 5.32 Å². The summed E-state index contributed by atoms with van der Waals surface area (Å²) in [6.07, 6.45) is -1.93. The van der Waals surface area contributed by atoms with Crippen molar-refractivity contribution in [2.45, 2.75) is 44.4 Å². The van der Waals surface area contributed by atoms with Crippen molar-refractivity contribution in [2.75, 3.05) is 26.2 Å². The Morgan fingerprint density at radius 2 is 1.94 bits per heavy atom. The molecular formula is C11H21F3N2O. The Kier molecular flexibility index (Phi) is 5.69. The molecule has 0 amide bonds. The van der Waals surface area contributed by atoms with Gasteiger partial charge in [-0.05, 0) is 39.3 Å². The standard InChI is InChI=1S/C11H21F3N2O/c1-9(4-7-17)15-10-2-5-16(6-3-10)8-11(12,13)14/h9-10,15,17H,2-8H2,1H3. The van der Waals surface area contributed by atoms with Gasteiger partial charge in [0.05, 0.1) is 6.54 Å². The van der Waals surface area contributed by atoms with Crippen LogP contribution in [0.1, 0.15) is 26.2 Å².